The van der Waals surface area contributed by atoms with Gasteiger partial charge in [0.25, 0.3) is 0 Å². The van der Waals surface area contributed by atoms with Crippen LogP contribution in [0, 0.1) is 13.8 Å². The zero-order chi connectivity index (χ0) is 21.7. The predicted octanol–water partition coefficient (Wildman–Crippen LogP) is 3.42. The molecule has 162 valence electrons. The van der Waals surface area contributed by atoms with Crippen LogP contribution in [0.25, 0.3) is 0 Å². The van der Waals surface area contributed by atoms with Crippen molar-refractivity contribution in [3.05, 3.63) is 51.1 Å². The molecule has 0 saturated heterocycles. The van der Waals surface area contributed by atoms with Gasteiger partial charge in [0.1, 0.15) is 5.03 Å². The standard InChI is InChI=1S/C23H32N4O2S/c1-5-26(6-2)12-13-27-20-9-7-8-18(20)22(25-23(27)29)30-15-21(28)24-19-11-10-16(3)14-17(19)4/h10-11,14H,5-9,12-13,15H2,1-4H3,(H,24,28). The molecule has 0 aliphatic heterocycles. The maximum Gasteiger partial charge on any atom is 0.348 e. The normalized spacial score (nSPS) is 13.0. The number of thioether (sulfide) groups is 1. The molecule has 0 unspecified atom stereocenters. The first kappa shape index (κ1) is 22.6. The number of amides is 1. The Balaban J connectivity index is 1.69. The van der Waals surface area contributed by atoms with Gasteiger partial charge in [0.05, 0.1) is 5.75 Å². The Bertz CT molecular complexity index is 966. The molecule has 0 spiro atoms. The first-order valence-corrected chi connectivity index (χ1v) is 11.8. The summed E-state index contributed by atoms with van der Waals surface area (Å²) in [5.74, 6) is 0.168. The molecule has 0 radical (unpaired) electrons. The minimum Gasteiger partial charge on any atom is -0.325 e. The highest BCUT2D eigenvalue weighted by Gasteiger charge is 2.22. The third kappa shape index (κ3) is 5.32. The molecule has 0 bridgehead atoms. The molecule has 1 aromatic heterocycles. The predicted molar refractivity (Wildman–Crippen MR) is 124 cm³/mol. The molecule has 1 aliphatic carbocycles. The van der Waals surface area contributed by atoms with E-state index in [1.54, 1.807) is 0 Å². The molecule has 1 amide bonds. The lowest BCUT2D eigenvalue weighted by Crippen LogP contribution is -2.34. The lowest BCUT2D eigenvalue weighted by molar-refractivity contribution is -0.113. The van der Waals surface area contributed by atoms with Crippen LogP contribution in [-0.2, 0) is 24.2 Å². The minimum absolute atomic E-state index is 0.0776. The molecule has 1 aliphatic rings. The number of likely N-dealkylation sites (N-methyl/N-ethyl adjacent to an activating group) is 1. The van der Waals surface area contributed by atoms with Crippen molar-refractivity contribution >= 4 is 23.4 Å². The fourth-order valence-electron chi connectivity index (χ4n) is 3.99. The Kier molecular flexibility index (Phi) is 7.72. The van der Waals surface area contributed by atoms with Gasteiger partial charge in [-0.2, -0.15) is 4.98 Å². The second-order valence-electron chi connectivity index (χ2n) is 7.81. The maximum atomic E-state index is 12.7. The van der Waals surface area contributed by atoms with Crippen molar-refractivity contribution in [1.82, 2.24) is 14.5 Å². The van der Waals surface area contributed by atoms with Crippen molar-refractivity contribution in [3.8, 4) is 0 Å². The van der Waals surface area contributed by atoms with Crippen molar-refractivity contribution in [2.24, 2.45) is 0 Å². The van der Waals surface area contributed by atoms with Crippen LogP contribution >= 0.6 is 11.8 Å². The zero-order valence-corrected chi connectivity index (χ0v) is 19.3. The Morgan fingerprint density at radius 2 is 2.00 bits per heavy atom. The van der Waals surface area contributed by atoms with E-state index in [0.29, 0.717) is 6.54 Å². The summed E-state index contributed by atoms with van der Waals surface area (Å²) >= 11 is 1.37. The van der Waals surface area contributed by atoms with Crippen LogP contribution in [0.15, 0.2) is 28.0 Å². The number of rotatable bonds is 9. The number of carbonyl (C=O) groups is 1. The third-order valence-electron chi connectivity index (χ3n) is 5.73. The first-order chi connectivity index (χ1) is 14.4. The van der Waals surface area contributed by atoms with Crippen molar-refractivity contribution < 1.29 is 4.79 Å². The smallest absolute Gasteiger partial charge is 0.325 e. The van der Waals surface area contributed by atoms with Crippen LogP contribution in [-0.4, -0.2) is 45.7 Å². The summed E-state index contributed by atoms with van der Waals surface area (Å²) in [6.07, 6.45) is 2.87. The van der Waals surface area contributed by atoms with Gasteiger partial charge in [-0.15, -0.1) is 0 Å². The molecule has 0 atom stereocenters. The number of aromatic nitrogens is 2. The number of benzene rings is 1. The van der Waals surface area contributed by atoms with E-state index in [0.717, 1.165) is 66.4 Å². The van der Waals surface area contributed by atoms with Crippen LogP contribution in [0.2, 0.25) is 0 Å². The van der Waals surface area contributed by atoms with Crippen LogP contribution < -0.4 is 11.0 Å². The molecular formula is C23H32N4O2S. The molecule has 7 heteroatoms. The molecule has 1 aromatic carbocycles. The summed E-state index contributed by atoms with van der Waals surface area (Å²) in [4.78, 5) is 31.9. The third-order valence-corrected chi connectivity index (χ3v) is 6.75. The van der Waals surface area contributed by atoms with E-state index in [4.69, 9.17) is 0 Å². The fraction of sp³-hybridized carbons (Fsp3) is 0.522. The van der Waals surface area contributed by atoms with Gasteiger partial charge in [-0.3, -0.25) is 9.36 Å². The van der Waals surface area contributed by atoms with Crippen molar-refractivity contribution in [2.45, 2.75) is 58.5 Å². The molecule has 3 rings (SSSR count). The van der Waals surface area contributed by atoms with Gasteiger partial charge in [-0.1, -0.05) is 43.3 Å². The number of carbonyl (C=O) groups excluding carboxylic acids is 1. The van der Waals surface area contributed by atoms with Gasteiger partial charge >= 0.3 is 5.69 Å². The highest BCUT2D eigenvalue weighted by Crippen LogP contribution is 2.29. The second-order valence-corrected chi connectivity index (χ2v) is 8.78. The number of hydrogen-bond acceptors (Lipinski definition) is 5. The van der Waals surface area contributed by atoms with Crippen LogP contribution in [0.1, 0.15) is 42.7 Å². The summed E-state index contributed by atoms with van der Waals surface area (Å²) in [5, 5.41) is 3.70. The van der Waals surface area contributed by atoms with Gasteiger partial charge in [0.2, 0.25) is 5.91 Å². The number of nitrogens with one attached hydrogen (secondary N) is 1. The van der Waals surface area contributed by atoms with E-state index >= 15 is 0 Å². The Morgan fingerprint density at radius 3 is 2.70 bits per heavy atom. The highest BCUT2D eigenvalue weighted by atomic mass is 32.2. The molecule has 1 N–H and O–H groups in total. The maximum absolute atomic E-state index is 12.7. The lowest BCUT2D eigenvalue weighted by Gasteiger charge is -2.20. The number of hydrogen-bond donors (Lipinski definition) is 1. The lowest BCUT2D eigenvalue weighted by atomic mass is 10.1. The van der Waals surface area contributed by atoms with Crippen molar-refractivity contribution in [2.75, 3.05) is 30.7 Å². The second kappa shape index (κ2) is 10.3. The van der Waals surface area contributed by atoms with E-state index in [-0.39, 0.29) is 17.3 Å². The van der Waals surface area contributed by atoms with E-state index in [1.165, 1.54) is 17.3 Å². The number of aryl methyl sites for hydroxylation is 2. The topological polar surface area (TPSA) is 67.2 Å². The van der Waals surface area contributed by atoms with E-state index in [2.05, 4.69) is 35.1 Å². The van der Waals surface area contributed by atoms with Gasteiger partial charge in [0.15, 0.2) is 0 Å². The number of nitrogens with zero attached hydrogens (tertiary/aromatic N) is 3. The fourth-order valence-corrected chi connectivity index (χ4v) is 4.87. The van der Waals surface area contributed by atoms with Crippen LogP contribution in [0.5, 0.6) is 0 Å². The zero-order valence-electron chi connectivity index (χ0n) is 18.5. The molecule has 2 aromatic rings. The van der Waals surface area contributed by atoms with Crippen molar-refractivity contribution in [3.63, 3.8) is 0 Å². The molecule has 6 nitrogen and oxygen atoms in total. The SMILES string of the molecule is CCN(CC)CCn1c2c(c(SCC(=O)Nc3ccc(C)cc3C)nc1=O)CCC2. The summed E-state index contributed by atoms with van der Waals surface area (Å²) < 4.78 is 1.85. The van der Waals surface area contributed by atoms with Crippen LogP contribution in [0.3, 0.4) is 0 Å². The molecule has 0 saturated carbocycles. The minimum atomic E-state index is -0.194. The average Bonchev–Trinajstić information content (AvgIpc) is 3.20. The summed E-state index contributed by atoms with van der Waals surface area (Å²) in [6.45, 7) is 11.8. The molecular weight excluding hydrogens is 396 g/mol. The van der Waals surface area contributed by atoms with E-state index in [9.17, 15) is 9.59 Å². The first-order valence-electron chi connectivity index (χ1n) is 10.8. The van der Waals surface area contributed by atoms with Gasteiger partial charge in [0, 0.05) is 30.0 Å². The van der Waals surface area contributed by atoms with Gasteiger partial charge in [-0.25, -0.2) is 4.79 Å². The number of fused-ring (bicyclic) bond motifs is 1. The Morgan fingerprint density at radius 1 is 1.23 bits per heavy atom. The molecule has 30 heavy (non-hydrogen) atoms. The average molecular weight is 429 g/mol. The Labute approximate surface area is 183 Å². The summed E-state index contributed by atoms with van der Waals surface area (Å²) in [6, 6.07) is 5.97. The molecule has 0 fully saturated rings. The highest BCUT2D eigenvalue weighted by molar-refractivity contribution is 8.00. The largest absolute Gasteiger partial charge is 0.348 e. The van der Waals surface area contributed by atoms with Crippen LogP contribution in [0.4, 0.5) is 5.69 Å². The Hall–Kier alpha value is -2.12. The van der Waals surface area contributed by atoms with Gasteiger partial charge in [-0.05, 0) is 57.8 Å². The van der Waals surface area contributed by atoms with Crippen molar-refractivity contribution in [1.29, 1.82) is 0 Å². The van der Waals surface area contributed by atoms with E-state index < -0.39 is 0 Å². The van der Waals surface area contributed by atoms with E-state index in [1.807, 2.05) is 30.5 Å². The monoisotopic (exact) mass is 428 g/mol. The molecule has 1 heterocycles. The summed E-state index contributed by atoms with van der Waals surface area (Å²) in [5.41, 5.74) is 5.11. The summed E-state index contributed by atoms with van der Waals surface area (Å²) in [7, 11) is 0. The van der Waals surface area contributed by atoms with Gasteiger partial charge < -0.3 is 10.2 Å². The quantitative estimate of drug-likeness (QED) is 0.490. The number of anilines is 1.